The van der Waals surface area contributed by atoms with Gasteiger partial charge in [0.2, 0.25) is 5.91 Å². The Bertz CT molecular complexity index is 786. The molecule has 2 N–H and O–H groups in total. The highest BCUT2D eigenvalue weighted by Crippen LogP contribution is 2.27. The number of rotatable bonds is 5. The van der Waals surface area contributed by atoms with Crippen molar-refractivity contribution in [1.29, 1.82) is 0 Å². The topological polar surface area (TPSA) is 80.5 Å². The minimum Gasteiger partial charge on any atom is -0.368 e. The largest absolute Gasteiger partial charge is 0.368 e. The molecule has 0 atom stereocenters. The van der Waals surface area contributed by atoms with Crippen LogP contribution >= 0.6 is 0 Å². The number of carbonyl (C=O) groups excluding carboxylic acids is 1. The first-order valence-corrected chi connectivity index (χ1v) is 8.19. The van der Waals surface area contributed by atoms with E-state index >= 15 is 0 Å². The number of nitrogens with two attached hydrogens (primary N) is 1. The Morgan fingerprint density at radius 3 is 2.27 bits per heavy atom. The van der Waals surface area contributed by atoms with Gasteiger partial charge in [0.05, 0.1) is 10.6 Å². The van der Waals surface area contributed by atoms with Gasteiger partial charge >= 0.3 is 0 Å². The summed E-state index contributed by atoms with van der Waals surface area (Å²) in [4.78, 5) is 11.5. The van der Waals surface area contributed by atoms with Gasteiger partial charge in [-0.3, -0.25) is 9.10 Å². The van der Waals surface area contributed by atoms with Crippen molar-refractivity contribution in [2.75, 3.05) is 10.8 Å². The van der Waals surface area contributed by atoms with E-state index in [9.17, 15) is 13.2 Å². The predicted molar refractivity (Wildman–Crippen MR) is 86.1 cm³/mol. The van der Waals surface area contributed by atoms with Gasteiger partial charge in [-0.25, -0.2) is 8.42 Å². The zero-order valence-corrected chi connectivity index (χ0v) is 13.3. The van der Waals surface area contributed by atoms with Crippen molar-refractivity contribution < 1.29 is 13.2 Å². The lowest BCUT2D eigenvalue weighted by Gasteiger charge is -2.25. The van der Waals surface area contributed by atoms with E-state index in [0.29, 0.717) is 5.69 Å². The number of anilines is 1. The molecule has 5 nitrogen and oxygen atoms in total. The number of benzene rings is 2. The van der Waals surface area contributed by atoms with Crippen LogP contribution in [-0.4, -0.2) is 20.9 Å². The first kappa shape index (κ1) is 16.0. The monoisotopic (exact) mass is 318 g/mol. The molecule has 0 aromatic heterocycles. The van der Waals surface area contributed by atoms with Crippen LogP contribution in [-0.2, 0) is 14.8 Å². The van der Waals surface area contributed by atoms with E-state index in [0.717, 1.165) is 15.4 Å². The number of amides is 1. The molecule has 1 amide bonds. The quantitative estimate of drug-likeness (QED) is 0.915. The summed E-state index contributed by atoms with van der Waals surface area (Å²) in [7, 11) is -3.85. The van der Waals surface area contributed by atoms with Crippen molar-refractivity contribution in [3.05, 3.63) is 59.7 Å². The third kappa shape index (κ3) is 3.28. The van der Waals surface area contributed by atoms with Gasteiger partial charge in [0.25, 0.3) is 10.0 Å². The molecule has 2 rings (SSSR count). The normalized spacial score (nSPS) is 11.2. The minimum absolute atomic E-state index is 0.122. The van der Waals surface area contributed by atoms with Crippen LogP contribution in [0.3, 0.4) is 0 Å². The smallest absolute Gasteiger partial charge is 0.264 e. The Balaban J connectivity index is 2.58. The average molecular weight is 318 g/mol. The molecule has 2 aromatic carbocycles. The molecule has 2 aromatic rings. The van der Waals surface area contributed by atoms with E-state index in [1.165, 1.54) is 12.1 Å². The molecule has 6 heteroatoms. The number of sulfonamides is 1. The van der Waals surface area contributed by atoms with Crippen LogP contribution in [0.5, 0.6) is 0 Å². The molecule has 0 saturated heterocycles. The second-order valence-corrected chi connectivity index (χ2v) is 6.94. The molecule has 0 unspecified atom stereocenters. The molecule has 0 heterocycles. The van der Waals surface area contributed by atoms with Crippen molar-refractivity contribution in [2.45, 2.75) is 18.7 Å². The van der Waals surface area contributed by atoms with Gasteiger partial charge in [0.1, 0.15) is 6.54 Å². The molecule has 0 radical (unpaired) electrons. The molecular formula is C16H18N2O3S. The molecule has 116 valence electrons. The highest BCUT2D eigenvalue weighted by molar-refractivity contribution is 7.92. The summed E-state index contributed by atoms with van der Waals surface area (Å²) < 4.78 is 26.7. The van der Waals surface area contributed by atoms with Crippen molar-refractivity contribution >= 4 is 21.6 Å². The fraction of sp³-hybridized carbons (Fsp3) is 0.188. The molecule has 0 bridgehead atoms. The van der Waals surface area contributed by atoms with E-state index in [1.54, 1.807) is 37.3 Å². The maximum Gasteiger partial charge on any atom is 0.264 e. The molecule has 0 spiro atoms. The molecular weight excluding hydrogens is 300 g/mol. The molecule has 0 fully saturated rings. The molecule has 0 saturated carbocycles. The standard InChI is InChI=1S/C16H18N2O3S/c1-12-8-9-15(13(2)10-12)18(11-16(17)19)22(20,21)14-6-4-3-5-7-14/h3-10H,11H2,1-2H3,(H2,17,19). The summed E-state index contributed by atoms with van der Waals surface area (Å²) in [6.45, 7) is 3.32. The number of hydrogen-bond acceptors (Lipinski definition) is 3. The highest BCUT2D eigenvalue weighted by atomic mass is 32.2. The van der Waals surface area contributed by atoms with Crippen LogP contribution in [0.2, 0.25) is 0 Å². The summed E-state index contributed by atoms with van der Waals surface area (Å²) in [6.07, 6.45) is 0. The van der Waals surface area contributed by atoms with Gasteiger partial charge in [-0.05, 0) is 37.6 Å². The zero-order chi connectivity index (χ0) is 16.3. The van der Waals surface area contributed by atoms with E-state index in [-0.39, 0.29) is 4.90 Å². The number of nitrogens with zero attached hydrogens (tertiary/aromatic N) is 1. The van der Waals surface area contributed by atoms with Crippen LogP contribution in [0, 0.1) is 13.8 Å². The Labute approximate surface area is 130 Å². The fourth-order valence-electron chi connectivity index (χ4n) is 2.25. The lowest BCUT2D eigenvalue weighted by molar-refractivity contribution is -0.116. The molecule has 0 aliphatic carbocycles. The molecule has 22 heavy (non-hydrogen) atoms. The van der Waals surface area contributed by atoms with Gasteiger partial charge in [-0.2, -0.15) is 0 Å². The third-order valence-electron chi connectivity index (χ3n) is 3.25. The summed E-state index contributed by atoms with van der Waals surface area (Å²) in [5.74, 6) is -0.709. The van der Waals surface area contributed by atoms with Gasteiger partial charge < -0.3 is 5.73 Å². The summed E-state index contributed by atoms with van der Waals surface area (Å²) in [5.41, 5.74) is 7.47. The van der Waals surface area contributed by atoms with Crippen LogP contribution in [0.15, 0.2) is 53.4 Å². The first-order valence-electron chi connectivity index (χ1n) is 6.75. The second kappa shape index (κ2) is 6.19. The van der Waals surface area contributed by atoms with Crippen LogP contribution in [0.25, 0.3) is 0 Å². The Morgan fingerprint density at radius 2 is 1.73 bits per heavy atom. The van der Waals surface area contributed by atoms with Gasteiger partial charge in [-0.1, -0.05) is 35.9 Å². The van der Waals surface area contributed by atoms with Crippen molar-refractivity contribution in [3.63, 3.8) is 0 Å². The lowest BCUT2D eigenvalue weighted by atomic mass is 10.1. The average Bonchev–Trinajstić information content (AvgIpc) is 2.46. The number of primary amides is 1. The first-order chi connectivity index (χ1) is 10.3. The lowest BCUT2D eigenvalue weighted by Crippen LogP contribution is -2.39. The maximum absolute atomic E-state index is 12.8. The summed E-state index contributed by atoms with van der Waals surface area (Å²) in [5, 5.41) is 0. The van der Waals surface area contributed by atoms with Crippen LogP contribution < -0.4 is 10.0 Å². The molecule has 0 aliphatic rings. The number of hydrogen-bond donors (Lipinski definition) is 1. The maximum atomic E-state index is 12.8. The summed E-state index contributed by atoms with van der Waals surface area (Å²) in [6, 6.07) is 13.3. The Kier molecular flexibility index (Phi) is 4.51. The summed E-state index contributed by atoms with van der Waals surface area (Å²) >= 11 is 0. The van der Waals surface area contributed by atoms with Gasteiger partial charge in [0.15, 0.2) is 0 Å². The van der Waals surface area contributed by atoms with E-state index < -0.39 is 22.5 Å². The Morgan fingerprint density at radius 1 is 1.09 bits per heavy atom. The van der Waals surface area contributed by atoms with Crippen molar-refractivity contribution in [2.24, 2.45) is 5.73 Å². The van der Waals surface area contributed by atoms with Crippen molar-refractivity contribution in [3.8, 4) is 0 Å². The highest BCUT2D eigenvalue weighted by Gasteiger charge is 2.27. The SMILES string of the molecule is Cc1ccc(N(CC(N)=O)S(=O)(=O)c2ccccc2)c(C)c1. The third-order valence-corrected chi connectivity index (χ3v) is 5.03. The molecule has 0 aliphatic heterocycles. The zero-order valence-electron chi connectivity index (χ0n) is 12.5. The van der Waals surface area contributed by atoms with Crippen molar-refractivity contribution in [1.82, 2.24) is 0 Å². The predicted octanol–water partition coefficient (Wildman–Crippen LogP) is 1.98. The van der Waals surface area contributed by atoms with E-state index in [1.807, 2.05) is 13.0 Å². The van der Waals surface area contributed by atoms with Gasteiger partial charge in [-0.15, -0.1) is 0 Å². The fourth-order valence-corrected chi connectivity index (χ4v) is 3.76. The van der Waals surface area contributed by atoms with Crippen LogP contribution in [0.4, 0.5) is 5.69 Å². The minimum atomic E-state index is -3.85. The van der Waals surface area contributed by atoms with E-state index in [4.69, 9.17) is 5.73 Å². The van der Waals surface area contributed by atoms with Crippen LogP contribution in [0.1, 0.15) is 11.1 Å². The number of carbonyl (C=O) groups is 1. The number of aryl methyl sites for hydroxylation is 2. The van der Waals surface area contributed by atoms with Gasteiger partial charge in [0, 0.05) is 0 Å². The second-order valence-electron chi connectivity index (χ2n) is 5.08. The Hall–Kier alpha value is -2.34. The van der Waals surface area contributed by atoms with E-state index in [2.05, 4.69) is 0 Å².